The van der Waals surface area contributed by atoms with Crippen LogP contribution in [0.2, 0.25) is 0 Å². The minimum absolute atomic E-state index is 0.00564. The summed E-state index contributed by atoms with van der Waals surface area (Å²) < 4.78 is 19.1. The number of halogens is 1. The van der Waals surface area contributed by atoms with E-state index in [0.717, 1.165) is 5.56 Å². The highest BCUT2D eigenvalue weighted by Gasteiger charge is 2.09. The Balaban J connectivity index is 2.21. The number of ether oxygens (including phenoxy) is 1. The molecule has 2 aromatic carbocycles. The molecule has 0 atom stereocenters. The summed E-state index contributed by atoms with van der Waals surface area (Å²) >= 11 is 0. The van der Waals surface area contributed by atoms with Crippen molar-refractivity contribution in [2.75, 3.05) is 0 Å². The first kappa shape index (κ1) is 13.9. The number of nitrogens with zero attached hydrogens (tertiary/aromatic N) is 1. The summed E-state index contributed by atoms with van der Waals surface area (Å²) in [6, 6.07) is 11.7. The average molecular weight is 274 g/mol. The lowest BCUT2D eigenvalue weighted by atomic mass is 10.1. The largest absolute Gasteiger partial charge is 0.486 e. The summed E-state index contributed by atoms with van der Waals surface area (Å²) in [6.07, 6.45) is 0. The standard InChI is InChI=1S/C15H15FN2O2/c1-10-6-7-13(16)14(8-10)20-9-11-4-2-3-5-12(11)15(17)18-19/h2-8,19H,9H2,1H3,(H2,17,18). The molecule has 0 aliphatic carbocycles. The first-order valence-corrected chi connectivity index (χ1v) is 6.06. The molecule has 0 aliphatic rings. The van der Waals surface area contributed by atoms with Crippen molar-refractivity contribution < 1.29 is 14.3 Å². The van der Waals surface area contributed by atoms with Gasteiger partial charge < -0.3 is 15.7 Å². The fourth-order valence-corrected chi connectivity index (χ4v) is 1.83. The van der Waals surface area contributed by atoms with Gasteiger partial charge in [0, 0.05) is 11.1 Å². The van der Waals surface area contributed by atoms with Crippen molar-refractivity contribution in [3.05, 3.63) is 65.0 Å². The number of hydrogen-bond acceptors (Lipinski definition) is 3. The number of amidine groups is 1. The first-order chi connectivity index (χ1) is 9.61. The fourth-order valence-electron chi connectivity index (χ4n) is 1.83. The third-order valence-corrected chi connectivity index (χ3v) is 2.87. The van der Waals surface area contributed by atoms with Gasteiger partial charge in [-0.1, -0.05) is 35.5 Å². The molecule has 0 spiro atoms. The highest BCUT2D eigenvalue weighted by atomic mass is 19.1. The van der Waals surface area contributed by atoms with Gasteiger partial charge >= 0.3 is 0 Å². The number of nitrogens with two attached hydrogens (primary N) is 1. The van der Waals surface area contributed by atoms with Crippen LogP contribution in [0.4, 0.5) is 4.39 Å². The molecule has 3 N–H and O–H groups in total. The Bertz CT molecular complexity index is 642. The van der Waals surface area contributed by atoms with Crippen LogP contribution in [0.1, 0.15) is 16.7 Å². The maximum absolute atomic E-state index is 13.6. The maximum Gasteiger partial charge on any atom is 0.170 e. The Morgan fingerprint density at radius 3 is 2.80 bits per heavy atom. The van der Waals surface area contributed by atoms with Crippen molar-refractivity contribution in [2.24, 2.45) is 10.9 Å². The van der Waals surface area contributed by atoms with Gasteiger partial charge in [0.2, 0.25) is 0 Å². The van der Waals surface area contributed by atoms with E-state index in [9.17, 15) is 4.39 Å². The Kier molecular flexibility index (Phi) is 4.20. The monoisotopic (exact) mass is 274 g/mol. The topological polar surface area (TPSA) is 67.8 Å². The number of benzene rings is 2. The zero-order valence-corrected chi connectivity index (χ0v) is 11.0. The van der Waals surface area contributed by atoms with E-state index in [1.54, 1.807) is 36.4 Å². The van der Waals surface area contributed by atoms with Gasteiger partial charge in [0.05, 0.1) is 0 Å². The molecule has 0 fully saturated rings. The van der Waals surface area contributed by atoms with Crippen LogP contribution in [0.25, 0.3) is 0 Å². The van der Waals surface area contributed by atoms with Crippen LogP contribution in [0.3, 0.4) is 0 Å². The van der Waals surface area contributed by atoms with Gasteiger partial charge in [0.1, 0.15) is 6.61 Å². The van der Waals surface area contributed by atoms with E-state index in [0.29, 0.717) is 11.1 Å². The van der Waals surface area contributed by atoms with Crippen molar-refractivity contribution in [3.63, 3.8) is 0 Å². The zero-order valence-electron chi connectivity index (χ0n) is 11.0. The van der Waals surface area contributed by atoms with E-state index in [4.69, 9.17) is 15.7 Å². The Morgan fingerprint density at radius 2 is 2.05 bits per heavy atom. The minimum Gasteiger partial charge on any atom is -0.486 e. The lowest BCUT2D eigenvalue weighted by Crippen LogP contribution is -2.16. The van der Waals surface area contributed by atoms with Crippen LogP contribution in [-0.4, -0.2) is 11.0 Å². The van der Waals surface area contributed by atoms with Gasteiger partial charge in [-0.3, -0.25) is 0 Å². The highest BCUT2D eigenvalue weighted by Crippen LogP contribution is 2.20. The molecular weight excluding hydrogens is 259 g/mol. The van der Waals surface area contributed by atoms with Crippen molar-refractivity contribution >= 4 is 5.84 Å². The maximum atomic E-state index is 13.6. The van der Waals surface area contributed by atoms with Crippen molar-refractivity contribution in [3.8, 4) is 5.75 Å². The zero-order chi connectivity index (χ0) is 14.5. The van der Waals surface area contributed by atoms with E-state index >= 15 is 0 Å². The van der Waals surface area contributed by atoms with Crippen LogP contribution in [0.15, 0.2) is 47.6 Å². The smallest absolute Gasteiger partial charge is 0.170 e. The van der Waals surface area contributed by atoms with Gasteiger partial charge in [-0.25, -0.2) is 4.39 Å². The second-order valence-corrected chi connectivity index (χ2v) is 4.36. The Hall–Kier alpha value is -2.56. The van der Waals surface area contributed by atoms with Gasteiger partial charge in [0.25, 0.3) is 0 Å². The molecule has 0 unspecified atom stereocenters. The first-order valence-electron chi connectivity index (χ1n) is 6.06. The quantitative estimate of drug-likeness (QED) is 0.390. The molecule has 0 aromatic heterocycles. The number of aryl methyl sites for hydroxylation is 1. The predicted molar refractivity (Wildman–Crippen MR) is 74.4 cm³/mol. The number of oxime groups is 1. The average Bonchev–Trinajstić information content (AvgIpc) is 2.47. The molecule has 5 heteroatoms. The summed E-state index contributed by atoms with van der Waals surface area (Å²) in [5, 5.41) is 11.7. The molecule has 2 aromatic rings. The second-order valence-electron chi connectivity index (χ2n) is 4.36. The molecular formula is C15H15FN2O2. The van der Waals surface area contributed by atoms with Crippen molar-refractivity contribution in [1.82, 2.24) is 0 Å². The SMILES string of the molecule is Cc1ccc(F)c(OCc2ccccc2C(N)=NO)c1. The molecule has 0 saturated carbocycles. The third-order valence-electron chi connectivity index (χ3n) is 2.87. The second kappa shape index (κ2) is 6.06. The fraction of sp³-hybridized carbons (Fsp3) is 0.133. The molecule has 0 bridgehead atoms. The number of hydrogen-bond donors (Lipinski definition) is 2. The molecule has 2 rings (SSSR count). The molecule has 0 aliphatic heterocycles. The summed E-state index contributed by atoms with van der Waals surface area (Å²) in [4.78, 5) is 0. The minimum atomic E-state index is -0.420. The van der Waals surface area contributed by atoms with Gasteiger partial charge in [-0.15, -0.1) is 0 Å². The van der Waals surface area contributed by atoms with Crippen LogP contribution < -0.4 is 10.5 Å². The van der Waals surface area contributed by atoms with E-state index in [1.165, 1.54) is 6.07 Å². The molecule has 0 heterocycles. The summed E-state index contributed by atoms with van der Waals surface area (Å²) in [5.74, 6) is -0.245. The van der Waals surface area contributed by atoms with Crippen LogP contribution in [0, 0.1) is 12.7 Å². The molecule has 0 radical (unpaired) electrons. The molecule has 104 valence electrons. The lowest BCUT2D eigenvalue weighted by molar-refractivity contribution is 0.289. The molecule has 4 nitrogen and oxygen atoms in total. The van der Waals surface area contributed by atoms with E-state index < -0.39 is 5.82 Å². The molecule has 20 heavy (non-hydrogen) atoms. The van der Waals surface area contributed by atoms with E-state index in [1.807, 2.05) is 6.92 Å². The molecule has 0 amide bonds. The number of rotatable bonds is 4. The Labute approximate surface area is 116 Å². The van der Waals surface area contributed by atoms with Gasteiger partial charge in [-0.05, 0) is 24.6 Å². The summed E-state index contributed by atoms with van der Waals surface area (Å²) in [6.45, 7) is 1.99. The highest BCUT2D eigenvalue weighted by molar-refractivity contribution is 5.98. The third kappa shape index (κ3) is 3.06. The summed E-state index contributed by atoms with van der Waals surface area (Å²) in [7, 11) is 0. The van der Waals surface area contributed by atoms with E-state index in [2.05, 4.69) is 5.16 Å². The van der Waals surface area contributed by atoms with Crippen molar-refractivity contribution in [2.45, 2.75) is 13.5 Å². The van der Waals surface area contributed by atoms with Crippen LogP contribution in [-0.2, 0) is 6.61 Å². The normalized spacial score (nSPS) is 11.4. The van der Waals surface area contributed by atoms with E-state index in [-0.39, 0.29) is 18.2 Å². The van der Waals surface area contributed by atoms with Gasteiger partial charge in [0.15, 0.2) is 17.4 Å². The molecule has 0 saturated heterocycles. The predicted octanol–water partition coefficient (Wildman–Crippen LogP) is 2.81. The summed E-state index contributed by atoms with van der Waals surface area (Å²) in [5.41, 5.74) is 7.77. The van der Waals surface area contributed by atoms with Crippen LogP contribution >= 0.6 is 0 Å². The van der Waals surface area contributed by atoms with Gasteiger partial charge in [-0.2, -0.15) is 0 Å². The Morgan fingerprint density at radius 1 is 1.30 bits per heavy atom. The van der Waals surface area contributed by atoms with Crippen LogP contribution in [0.5, 0.6) is 5.75 Å². The lowest BCUT2D eigenvalue weighted by Gasteiger charge is -2.11. The van der Waals surface area contributed by atoms with Crippen molar-refractivity contribution in [1.29, 1.82) is 0 Å².